The van der Waals surface area contributed by atoms with Crippen molar-refractivity contribution in [3.8, 4) is 11.1 Å². The van der Waals surface area contributed by atoms with Crippen LogP contribution in [-0.4, -0.2) is 17.6 Å². The van der Waals surface area contributed by atoms with Gasteiger partial charge in [-0.05, 0) is 56.5 Å². The number of hydrogen-bond donors (Lipinski definition) is 0. The molecule has 0 saturated heterocycles. The molecule has 0 saturated carbocycles. The Morgan fingerprint density at radius 2 is 1.62 bits per heavy atom. The van der Waals surface area contributed by atoms with Gasteiger partial charge in [0.25, 0.3) is 0 Å². The van der Waals surface area contributed by atoms with Gasteiger partial charge < -0.3 is 9.30 Å². The van der Waals surface area contributed by atoms with Gasteiger partial charge in [-0.15, -0.1) is 0 Å². The first-order chi connectivity index (χ1) is 16.5. The summed E-state index contributed by atoms with van der Waals surface area (Å²) >= 11 is 0. The number of esters is 1. The Labute approximate surface area is 203 Å². The summed E-state index contributed by atoms with van der Waals surface area (Å²) in [5.41, 5.74) is 4.70. The summed E-state index contributed by atoms with van der Waals surface area (Å²) in [4.78, 5) is 12.8. The maximum Gasteiger partial charge on any atom is 0.333 e. The molecule has 1 aromatic heterocycles. The third kappa shape index (κ3) is 6.16. The summed E-state index contributed by atoms with van der Waals surface area (Å²) in [6.07, 6.45) is 11.0. The second-order valence-electron chi connectivity index (χ2n) is 9.28. The van der Waals surface area contributed by atoms with Gasteiger partial charge in [0.1, 0.15) is 5.82 Å². The lowest BCUT2D eigenvalue weighted by Crippen LogP contribution is -2.08. The molecule has 0 aliphatic rings. The fourth-order valence-electron chi connectivity index (χ4n) is 4.70. The van der Waals surface area contributed by atoms with Crippen LogP contribution in [-0.2, 0) is 9.53 Å². The molecule has 0 unspecified atom stereocenters. The number of benzene rings is 2. The van der Waals surface area contributed by atoms with Gasteiger partial charge in [-0.3, -0.25) is 0 Å². The number of methoxy groups -OCH3 is 1. The van der Waals surface area contributed by atoms with E-state index in [-0.39, 0.29) is 17.8 Å². The Bertz CT molecular complexity index is 1110. The molecule has 3 aromatic rings. The quantitative estimate of drug-likeness (QED) is 0.153. The molecule has 0 aliphatic carbocycles. The molecule has 0 amide bonds. The van der Waals surface area contributed by atoms with E-state index < -0.39 is 0 Å². The maximum absolute atomic E-state index is 13.7. The molecule has 1 heterocycles. The molecular weight excluding hydrogens is 425 g/mol. The van der Waals surface area contributed by atoms with Gasteiger partial charge >= 0.3 is 5.97 Å². The van der Waals surface area contributed by atoms with Crippen molar-refractivity contribution >= 4 is 22.9 Å². The summed E-state index contributed by atoms with van der Waals surface area (Å²) in [7, 11) is 1.44. The van der Waals surface area contributed by atoms with E-state index in [4.69, 9.17) is 4.74 Å². The lowest BCUT2D eigenvalue weighted by molar-refractivity contribution is -0.136. The molecule has 0 atom stereocenters. The first-order valence-electron chi connectivity index (χ1n) is 12.7. The van der Waals surface area contributed by atoms with Gasteiger partial charge in [0.15, 0.2) is 0 Å². The Kier molecular flexibility index (Phi) is 9.50. The number of fused-ring (bicyclic) bond motifs is 1. The first kappa shape index (κ1) is 25.7. The van der Waals surface area contributed by atoms with E-state index in [1.165, 1.54) is 51.3 Å². The van der Waals surface area contributed by atoms with Gasteiger partial charge in [-0.1, -0.05) is 75.8 Å². The highest BCUT2D eigenvalue weighted by atomic mass is 19.1. The highest BCUT2D eigenvalue weighted by Crippen LogP contribution is 2.38. The van der Waals surface area contributed by atoms with E-state index in [1.54, 1.807) is 0 Å². The monoisotopic (exact) mass is 463 g/mol. The minimum Gasteiger partial charge on any atom is -0.466 e. The Hall–Kier alpha value is -2.88. The van der Waals surface area contributed by atoms with Crippen molar-refractivity contribution in [2.24, 2.45) is 0 Å². The first-order valence-corrected chi connectivity index (χ1v) is 12.7. The van der Waals surface area contributed by atoms with Crippen molar-refractivity contribution in [2.45, 2.75) is 78.2 Å². The van der Waals surface area contributed by atoms with Crippen molar-refractivity contribution in [1.29, 1.82) is 0 Å². The van der Waals surface area contributed by atoms with Crippen LogP contribution in [0.3, 0.4) is 0 Å². The zero-order valence-corrected chi connectivity index (χ0v) is 21.1. The Morgan fingerprint density at radius 1 is 0.971 bits per heavy atom. The average molecular weight is 464 g/mol. The summed E-state index contributed by atoms with van der Waals surface area (Å²) in [6.45, 7) is 6.52. The zero-order chi connectivity index (χ0) is 24.5. The molecule has 3 rings (SSSR count). The van der Waals surface area contributed by atoms with E-state index >= 15 is 0 Å². The molecule has 182 valence electrons. The topological polar surface area (TPSA) is 31.2 Å². The van der Waals surface area contributed by atoms with Crippen LogP contribution in [0, 0.1) is 5.82 Å². The standard InChI is InChI=1S/C30H38FNO2/c1-5-6-7-8-9-10-11-14-24(30(33)34-4)21-28-29(23-17-19-25(31)20-18-23)26-15-12-13-16-27(26)32(28)22(2)3/h12-13,15-22H,5-11,14H2,1-4H3. The second-order valence-corrected chi connectivity index (χ2v) is 9.28. The molecule has 0 aliphatic heterocycles. The van der Waals surface area contributed by atoms with E-state index in [1.807, 2.05) is 30.3 Å². The summed E-state index contributed by atoms with van der Waals surface area (Å²) in [6, 6.07) is 15.0. The van der Waals surface area contributed by atoms with Crippen molar-refractivity contribution < 1.29 is 13.9 Å². The summed E-state index contributed by atoms with van der Waals surface area (Å²) in [5, 5.41) is 1.09. The number of rotatable bonds is 12. The summed E-state index contributed by atoms with van der Waals surface area (Å²) in [5.74, 6) is -0.542. The minimum atomic E-state index is -0.281. The molecular formula is C30H38FNO2. The van der Waals surface area contributed by atoms with Gasteiger partial charge in [0.05, 0.1) is 12.8 Å². The van der Waals surface area contributed by atoms with Crippen molar-refractivity contribution in [1.82, 2.24) is 4.57 Å². The van der Waals surface area contributed by atoms with Crippen LogP contribution in [0.25, 0.3) is 28.1 Å². The van der Waals surface area contributed by atoms with Crippen molar-refractivity contribution in [2.75, 3.05) is 7.11 Å². The highest BCUT2D eigenvalue weighted by Gasteiger charge is 2.21. The maximum atomic E-state index is 13.7. The number of ether oxygens (including phenoxy) is 1. The van der Waals surface area contributed by atoms with Crippen molar-refractivity contribution in [3.05, 3.63) is 65.6 Å². The molecule has 3 nitrogen and oxygen atoms in total. The fourth-order valence-corrected chi connectivity index (χ4v) is 4.70. The second kappa shape index (κ2) is 12.5. The van der Waals surface area contributed by atoms with Gasteiger partial charge in [0.2, 0.25) is 0 Å². The van der Waals surface area contributed by atoms with Gasteiger partial charge in [0, 0.05) is 28.1 Å². The highest BCUT2D eigenvalue weighted by molar-refractivity contribution is 6.03. The SMILES string of the molecule is CCCCCCCCCC(=Cc1c(-c2ccc(F)cc2)c2ccccc2n1C(C)C)C(=O)OC. The fraction of sp³-hybridized carbons (Fsp3) is 0.433. The van der Waals surface area contributed by atoms with Crippen molar-refractivity contribution in [3.63, 3.8) is 0 Å². The van der Waals surface area contributed by atoms with Gasteiger partial charge in [-0.2, -0.15) is 0 Å². The number of nitrogens with zero attached hydrogens (tertiary/aromatic N) is 1. The minimum absolute atomic E-state index is 0.183. The number of carbonyl (C=O) groups excluding carboxylic acids is 1. The van der Waals surface area contributed by atoms with E-state index in [0.717, 1.165) is 40.6 Å². The molecule has 34 heavy (non-hydrogen) atoms. The van der Waals surface area contributed by atoms with Crippen LogP contribution in [0.2, 0.25) is 0 Å². The van der Waals surface area contributed by atoms with E-state index in [9.17, 15) is 9.18 Å². The third-order valence-corrected chi connectivity index (χ3v) is 6.41. The number of carbonyl (C=O) groups is 1. The predicted octanol–water partition coefficient (Wildman–Crippen LogP) is 8.73. The number of hydrogen-bond acceptors (Lipinski definition) is 2. The average Bonchev–Trinajstić information content (AvgIpc) is 3.16. The predicted molar refractivity (Wildman–Crippen MR) is 140 cm³/mol. The normalized spacial score (nSPS) is 12.0. The van der Waals surface area contributed by atoms with Crippen LogP contribution < -0.4 is 0 Å². The van der Waals surface area contributed by atoms with E-state index in [2.05, 4.69) is 37.5 Å². The molecule has 0 fully saturated rings. The molecule has 0 bridgehead atoms. The van der Waals surface area contributed by atoms with Crippen LogP contribution >= 0.6 is 0 Å². The molecule has 0 N–H and O–H groups in total. The lowest BCUT2D eigenvalue weighted by atomic mass is 9.99. The van der Waals surface area contributed by atoms with Crippen LogP contribution in [0.5, 0.6) is 0 Å². The molecule has 0 radical (unpaired) electrons. The lowest BCUT2D eigenvalue weighted by Gasteiger charge is -2.15. The van der Waals surface area contributed by atoms with Gasteiger partial charge in [-0.25, -0.2) is 9.18 Å². The zero-order valence-electron chi connectivity index (χ0n) is 21.1. The Morgan fingerprint density at radius 3 is 2.26 bits per heavy atom. The molecule has 2 aromatic carbocycles. The van der Waals surface area contributed by atoms with E-state index in [0.29, 0.717) is 12.0 Å². The van der Waals surface area contributed by atoms with Crippen LogP contribution in [0.1, 0.15) is 83.9 Å². The van der Waals surface area contributed by atoms with Crippen LogP contribution in [0.4, 0.5) is 4.39 Å². The number of halogens is 1. The smallest absolute Gasteiger partial charge is 0.333 e. The van der Waals surface area contributed by atoms with Crippen LogP contribution in [0.15, 0.2) is 54.1 Å². The largest absolute Gasteiger partial charge is 0.466 e. The summed E-state index contributed by atoms with van der Waals surface area (Å²) < 4.78 is 21.1. The molecule has 0 spiro atoms. The number of aromatic nitrogens is 1. The third-order valence-electron chi connectivity index (χ3n) is 6.41. The Balaban J connectivity index is 2.04. The number of para-hydroxylation sites is 1. The number of unbranched alkanes of at least 4 members (excludes halogenated alkanes) is 6. The molecule has 4 heteroatoms.